The smallest absolute Gasteiger partial charge is 0.237 e. The van der Waals surface area contributed by atoms with Gasteiger partial charge in [-0.15, -0.1) is 0 Å². The molecule has 1 aromatic rings. The number of amides is 1. The molecular formula is C15H23N3O. The molecule has 1 aliphatic rings. The van der Waals surface area contributed by atoms with E-state index in [1.54, 1.807) is 0 Å². The zero-order valence-electron chi connectivity index (χ0n) is 11.9. The van der Waals surface area contributed by atoms with E-state index < -0.39 is 0 Å². The highest BCUT2D eigenvalue weighted by molar-refractivity contribution is 5.81. The molecule has 0 aliphatic heterocycles. The summed E-state index contributed by atoms with van der Waals surface area (Å²) in [5, 5.41) is 6.26. The fraction of sp³-hybridized carbons (Fsp3) is 0.533. The molecule has 1 aliphatic carbocycles. The quantitative estimate of drug-likeness (QED) is 0.816. The molecule has 19 heavy (non-hydrogen) atoms. The lowest BCUT2D eigenvalue weighted by atomic mass is 10.2. The molecule has 104 valence electrons. The van der Waals surface area contributed by atoms with Crippen LogP contribution in [0.4, 0.5) is 5.69 Å². The maximum absolute atomic E-state index is 11.8. The second kappa shape index (κ2) is 6.06. The van der Waals surface area contributed by atoms with Crippen LogP contribution >= 0.6 is 0 Å². The molecule has 1 fully saturated rings. The number of anilines is 1. The summed E-state index contributed by atoms with van der Waals surface area (Å²) < 4.78 is 0. The minimum atomic E-state index is -0.144. The topological polar surface area (TPSA) is 44.4 Å². The largest absolute Gasteiger partial charge is 0.378 e. The van der Waals surface area contributed by atoms with Crippen LogP contribution in [0.5, 0.6) is 0 Å². The lowest BCUT2D eigenvalue weighted by molar-refractivity contribution is -0.122. The molecule has 0 bridgehead atoms. The minimum absolute atomic E-state index is 0.104. The van der Waals surface area contributed by atoms with Gasteiger partial charge in [-0.05, 0) is 37.5 Å². The molecule has 4 nitrogen and oxygen atoms in total. The molecule has 2 rings (SSSR count). The van der Waals surface area contributed by atoms with Crippen molar-refractivity contribution >= 4 is 11.6 Å². The summed E-state index contributed by atoms with van der Waals surface area (Å²) in [5.41, 5.74) is 2.37. The summed E-state index contributed by atoms with van der Waals surface area (Å²) >= 11 is 0. The van der Waals surface area contributed by atoms with Crippen molar-refractivity contribution in [2.75, 3.05) is 19.0 Å². The number of hydrogen-bond donors (Lipinski definition) is 2. The zero-order chi connectivity index (χ0) is 13.8. The lowest BCUT2D eigenvalue weighted by Crippen LogP contribution is -2.42. The zero-order valence-corrected chi connectivity index (χ0v) is 11.9. The van der Waals surface area contributed by atoms with E-state index in [0.717, 1.165) is 12.8 Å². The van der Waals surface area contributed by atoms with Gasteiger partial charge < -0.3 is 15.5 Å². The Kier molecular flexibility index (Phi) is 4.43. The summed E-state index contributed by atoms with van der Waals surface area (Å²) in [5.74, 6) is 0.104. The predicted molar refractivity (Wildman–Crippen MR) is 78.2 cm³/mol. The van der Waals surface area contributed by atoms with Crippen molar-refractivity contribution in [1.82, 2.24) is 10.6 Å². The first-order chi connectivity index (χ1) is 9.06. The molecule has 1 aromatic carbocycles. The van der Waals surface area contributed by atoms with Gasteiger partial charge in [0.05, 0.1) is 6.04 Å². The molecule has 0 heterocycles. The average Bonchev–Trinajstić information content (AvgIpc) is 3.20. The molecule has 1 saturated carbocycles. The van der Waals surface area contributed by atoms with Crippen molar-refractivity contribution in [3.05, 3.63) is 29.8 Å². The van der Waals surface area contributed by atoms with Crippen molar-refractivity contribution in [3.63, 3.8) is 0 Å². The maximum Gasteiger partial charge on any atom is 0.237 e. The van der Waals surface area contributed by atoms with E-state index in [2.05, 4.69) is 39.8 Å². The molecule has 2 N–H and O–H groups in total. The number of rotatable bonds is 6. The van der Waals surface area contributed by atoms with Crippen LogP contribution < -0.4 is 15.5 Å². The van der Waals surface area contributed by atoms with Gasteiger partial charge in [0.15, 0.2) is 0 Å². The Morgan fingerprint density at radius 1 is 1.32 bits per heavy atom. The van der Waals surface area contributed by atoms with Crippen molar-refractivity contribution in [2.45, 2.75) is 38.4 Å². The van der Waals surface area contributed by atoms with Gasteiger partial charge in [0, 0.05) is 32.4 Å². The Balaban J connectivity index is 1.78. The van der Waals surface area contributed by atoms with Gasteiger partial charge in [0.1, 0.15) is 0 Å². The van der Waals surface area contributed by atoms with E-state index >= 15 is 0 Å². The van der Waals surface area contributed by atoms with E-state index in [-0.39, 0.29) is 11.9 Å². The van der Waals surface area contributed by atoms with Gasteiger partial charge in [0.2, 0.25) is 5.91 Å². The van der Waals surface area contributed by atoms with Crippen LogP contribution in [0.2, 0.25) is 0 Å². The Labute approximate surface area is 115 Å². The molecular weight excluding hydrogens is 238 g/mol. The highest BCUT2D eigenvalue weighted by Gasteiger charge is 2.25. The summed E-state index contributed by atoms with van der Waals surface area (Å²) in [4.78, 5) is 13.9. The third-order valence-electron chi connectivity index (χ3n) is 3.38. The highest BCUT2D eigenvalue weighted by atomic mass is 16.2. The monoisotopic (exact) mass is 261 g/mol. The van der Waals surface area contributed by atoms with Crippen molar-refractivity contribution < 1.29 is 4.79 Å². The first-order valence-corrected chi connectivity index (χ1v) is 6.86. The number of nitrogens with zero attached hydrogens (tertiary/aromatic N) is 1. The average molecular weight is 261 g/mol. The minimum Gasteiger partial charge on any atom is -0.378 e. The van der Waals surface area contributed by atoms with E-state index in [9.17, 15) is 4.79 Å². The van der Waals surface area contributed by atoms with Crippen LogP contribution in [0.3, 0.4) is 0 Å². The Hall–Kier alpha value is -1.55. The normalized spacial score (nSPS) is 15.9. The molecule has 1 amide bonds. The van der Waals surface area contributed by atoms with Crippen molar-refractivity contribution in [2.24, 2.45) is 0 Å². The van der Waals surface area contributed by atoms with Crippen molar-refractivity contribution in [3.8, 4) is 0 Å². The van der Waals surface area contributed by atoms with E-state index in [0.29, 0.717) is 12.6 Å². The molecule has 0 aromatic heterocycles. The van der Waals surface area contributed by atoms with E-state index in [4.69, 9.17) is 0 Å². The van der Waals surface area contributed by atoms with E-state index in [1.807, 2.05) is 21.0 Å². The third kappa shape index (κ3) is 4.24. The second-order valence-corrected chi connectivity index (χ2v) is 5.45. The van der Waals surface area contributed by atoms with Gasteiger partial charge in [-0.1, -0.05) is 12.1 Å². The number of carbonyl (C=O) groups excluding carboxylic acids is 1. The van der Waals surface area contributed by atoms with Crippen LogP contribution in [0.15, 0.2) is 24.3 Å². The summed E-state index contributed by atoms with van der Waals surface area (Å²) in [6.45, 7) is 2.62. The molecule has 0 saturated heterocycles. The fourth-order valence-corrected chi connectivity index (χ4v) is 1.83. The Morgan fingerprint density at radius 3 is 2.47 bits per heavy atom. The second-order valence-electron chi connectivity index (χ2n) is 5.45. The number of hydrogen-bond acceptors (Lipinski definition) is 3. The van der Waals surface area contributed by atoms with Crippen LogP contribution in [0.1, 0.15) is 25.3 Å². The van der Waals surface area contributed by atoms with Crippen LogP contribution in [-0.2, 0) is 11.3 Å². The number of benzene rings is 1. The summed E-state index contributed by atoms with van der Waals surface area (Å²) in [7, 11) is 4.05. The molecule has 1 unspecified atom stereocenters. The van der Waals surface area contributed by atoms with Gasteiger partial charge in [-0.2, -0.15) is 0 Å². The third-order valence-corrected chi connectivity index (χ3v) is 3.38. The molecule has 4 heteroatoms. The van der Waals surface area contributed by atoms with Gasteiger partial charge in [-0.25, -0.2) is 0 Å². The summed E-state index contributed by atoms with van der Waals surface area (Å²) in [6.07, 6.45) is 2.26. The Morgan fingerprint density at radius 2 is 1.95 bits per heavy atom. The van der Waals surface area contributed by atoms with Crippen LogP contribution in [0.25, 0.3) is 0 Å². The molecule has 0 spiro atoms. The first-order valence-electron chi connectivity index (χ1n) is 6.86. The summed E-state index contributed by atoms with van der Waals surface area (Å²) in [6, 6.07) is 8.64. The Bertz CT molecular complexity index is 424. The van der Waals surface area contributed by atoms with Crippen LogP contribution in [-0.4, -0.2) is 32.1 Å². The lowest BCUT2D eigenvalue weighted by Gasteiger charge is -2.15. The SMILES string of the molecule is CC(NCc1ccc(N(C)C)cc1)C(=O)NC1CC1. The van der Waals surface area contributed by atoms with E-state index in [1.165, 1.54) is 11.3 Å². The molecule has 0 radical (unpaired) electrons. The standard InChI is InChI=1S/C15H23N3O/c1-11(15(19)17-13-6-7-13)16-10-12-4-8-14(9-5-12)18(2)3/h4-5,8-9,11,13,16H,6-7,10H2,1-3H3,(H,17,19). The van der Waals surface area contributed by atoms with Crippen molar-refractivity contribution in [1.29, 1.82) is 0 Å². The predicted octanol–water partition coefficient (Wildman–Crippen LogP) is 1.51. The van der Waals surface area contributed by atoms with Crippen LogP contribution in [0, 0.1) is 0 Å². The highest BCUT2D eigenvalue weighted by Crippen LogP contribution is 2.18. The maximum atomic E-state index is 11.8. The van der Waals surface area contributed by atoms with Gasteiger partial charge in [0.25, 0.3) is 0 Å². The first kappa shape index (κ1) is 13.9. The number of carbonyl (C=O) groups is 1. The van der Waals surface area contributed by atoms with Gasteiger partial charge >= 0.3 is 0 Å². The van der Waals surface area contributed by atoms with Gasteiger partial charge in [-0.3, -0.25) is 4.79 Å². The number of nitrogens with one attached hydrogen (secondary N) is 2. The molecule has 1 atom stereocenters. The fourth-order valence-electron chi connectivity index (χ4n) is 1.83.